The summed E-state index contributed by atoms with van der Waals surface area (Å²) in [6.07, 6.45) is 1.74. The van der Waals surface area contributed by atoms with Crippen molar-refractivity contribution in [1.82, 2.24) is 9.88 Å². The molecule has 158 valence electrons. The van der Waals surface area contributed by atoms with Gasteiger partial charge in [0.2, 0.25) is 5.75 Å². The van der Waals surface area contributed by atoms with Gasteiger partial charge in [0.15, 0.2) is 11.5 Å². The normalized spacial score (nSPS) is 14.7. The lowest BCUT2D eigenvalue weighted by Crippen LogP contribution is -2.38. The molecule has 8 heteroatoms. The fourth-order valence-electron chi connectivity index (χ4n) is 3.86. The Morgan fingerprint density at radius 1 is 1.07 bits per heavy atom. The molecule has 0 spiro atoms. The number of ether oxygens (including phenoxy) is 3. The molecule has 4 rings (SSSR count). The summed E-state index contributed by atoms with van der Waals surface area (Å²) in [6, 6.07) is 9.27. The second kappa shape index (κ2) is 8.70. The van der Waals surface area contributed by atoms with Crippen LogP contribution in [0.5, 0.6) is 17.2 Å². The SMILES string of the molecule is COc1ccc(C(=O)N2CCC(c3nc4cc(Cl)ccc4s3)CC2)c(OC)c1OC. The number of benzene rings is 2. The van der Waals surface area contributed by atoms with Crippen LogP contribution >= 0.6 is 22.9 Å². The molecule has 1 aromatic heterocycles. The number of carbonyl (C=O) groups is 1. The molecule has 6 nitrogen and oxygen atoms in total. The number of amides is 1. The Balaban J connectivity index is 1.50. The summed E-state index contributed by atoms with van der Waals surface area (Å²) in [5, 5.41) is 1.81. The third-order valence-corrected chi connectivity index (χ3v) is 6.87. The van der Waals surface area contributed by atoms with E-state index in [0.717, 1.165) is 28.1 Å². The van der Waals surface area contributed by atoms with E-state index in [9.17, 15) is 4.79 Å². The zero-order valence-electron chi connectivity index (χ0n) is 17.1. The van der Waals surface area contributed by atoms with Gasteiger partial charge in [-0.15, -0.1) is 11.3 Å². The van der Waals surface area contributed by atoms with Gasteiger partial charge in [-0.1, -0.05) is 11.6 Å². The van der Waals surface area contributed by atoms with Crippen LogP contribution in [0.4, 0.5) is 0 Å². The van der Waals surface area contributed by atoms with Crippen molar-refractivity contribution in [1.29, 1.82) is 0 Å². The number of hydrogen-bond acceptors (Lipinski definition) is 6. The van der Waals surface area contributed by atoms with Gasteiger partial charge in [-0.3, -0.25) is 4.79 Å². The Hall–Kier alpha value is -2.51. The number of aromatic nitrogens is 1. The molecule has 2 aromatic carbocycles. The Bertz CT molecular complexity index is 1080. The molecular weight excluding hydrogens is 424 g/mol. The van der Waals surface area contributed by atoms with E-state index in [2.05, 4.69) is 0 Å². The van der Waals surface area contributed by atoms with Crippen LogP contribution in [0, 0.1) is 0 Å². The molecule has 1 saturated heterocycles. The lowest BCUT2D eigenvalue weighted by Gasteiger charge is -2.31. The summed E-state index contributed by atoms with van der Waals surface area (Å²) in [5.41, 5.74) is 1.42. The van der Waals surface area contributed by atoms with Crippen LogP contribution in [0.2, 0.25) is 5.02 Å². The minimum absolute atomic E-state index is 0.0673. The van der Waals surface area contributed by atoms with E-state index in [1.54, 1.807) is 30.6 Å². The smallest absolute Gasteiger partial charge is 0.257 e. The second-order valence-electron chi connectivity index (χ2n) is 7.11. The van der Waals surface area contributed by atoms with Gasteiger partial charge in [0.05, 0.1) is 42.1 Å². The molecule has 1 amide bonds. The predicted octanol–water partition coefficient (Wildman–Crippen LogP) is 5.00. The lowest BCUT2D eigenvalue weighted by atomic mass is 9.97. The number of thiazole rings is 1. The van der Waals surface area contributed by atoms with E-state index >= 15 is 0 Å². The summed E-state index contributed by atoms with van der Waals surface area (Å²) >= 11 is 7.79. The van der Waals surface area contributed by atoms with Crippen LogP contribution in [-0.4, -0.2) is 50.2 Å². The van der Waals surface area contributed by atoms with Crippen molar-refractivity contribution in [3.8, 4) is 17.2 Å². The molecule has 0 aliphatic carbocycles. The van der Waals surface area contributed by atoms with Gasteiger partial charge in [0.25, 0.3) is 5.91 Å². The van der Waals surface area contributed by atoms with E-state index in [1.165, 1.54) is 14.2 Å². The predicted molar refractivity (Wildman–Crippen MR) is 119 cm³/mol. The van der Waals surface area contributed by atoms with Gasteiger partial charge >= 0.3 is 0 Å². The quantitative estimate of drug-likeness (QED) is 0.552. The van der Waals surface area contributed by atoms with E-state index < -0.39 is 0 Å². The summed E-state index contributed by atoms with van der Waals surface area (Å²) in [6.45, 7) is 1.33. The minimum atomic E-state index is -0.0673. The molecule has 2 heterocycles. The van der Waals surface area contributed by atoms with Crippen molar-refractivity contribution < 1.29 is 19.0 Å². The van der Waals surface area contributed by atoms with Gasteiger partial charge in [0, 0.05) is 24.0 Å². The maximum absolute atomic E-state index is 13.2. The summed E-state index contributed by atoms with van der Waals surface area (Å²) in [4.78, 5) is 19.8. The maximum atomic E-state index is 13.2. The van der Waals surface area contributed by atoms with Crippen molar-refractivity contribution in [3.63, 3.8) is 0 Å². The number of methoxy groups -OCH3 is 3. The van der Waals surface area contributed by atoms with Gasteiger partial charge in [0.1, 0.15) is 0 Å². The number of likely N-dealkylation sites (tertiary alicyclic amines) is 1. The summed E-state index contributed by atoms with van der Waals surface area (Å²) in [7, 11) is 4.62. The second-order valence-corrected chi connectivity index (χ2v) is 8.61. The van der Waals surface area contributed by atoms with Crippen molar-refractivity contribution in [2.45, 2.75) is 18.8 Å². The largest absolute Gasteiger partial charge is 0.493 e. The fraction of sp³-hybridized carbons (Fsp3) is 0.364. The highest BCUT2D eigenvalue weighted by Gasteiger charge is 2.29. The van der Waals surface area contributed by atoms with E-state index in [1.807, 2.05) is 23.1 Å². The molecule has 3 aromatic rings. The van der Waals surface area contributed by atoms with Crippen molar-refractivity contribution in [2.75, 3.05) is 34.4 Å². The van der Waals surface area contributed by atoms with Crippen LogP contribution in [0.15, 0.2) is 30.3 Å². The standard InChI is InChI=1S/C22H23ClN2O4S/c1-27-17-6-5-15(19(28-2)20(17)29-3)22(26)25-10-8-13(9-11-25)21-24-16-12-14(23)4-7-18(16)30-21/h4-7,12-13H,8-11H2,1-3H3. The first-order valence-corrected chi connectivity index (χ1v) is 10.9. The van der Waals surface area contributed by atoms with Crippen LogP contribution in [0.25, 0.3) is 10.2 Å². The molecule has 0 unspecified atom stereocenters. The van der Waals surface area contributed by atoms with Gasteiger partial charge in [-0.25, -0.2) is 4.98 Å². The third-order valence-electron chi connectivity index (χ3n) is 5.43. The number of halogens is 1. The first-order chi connectivity index (χ1) is 14.5. The highest BCUT2D eigenvalue weighted by Crippen LogP contribution is 2.41. The Labute approximate surface area is 184 Å². The Kier molecular flexibility index (Phi) is 6.01. The molecule has 0 N–H and O–H groups in total. The van der Waals surface area contributed by atoms with E-state index in [-0.39, 0.29) is 5.91 Å². The van der Waals surface area contributed by atoms with Gasteiger partial charge in [-0.05, 0) is 43.2 Å². The number of fused-ring (bicyclic) bond motifs is 1. The van der Waals surface area contributed by atoms with Crippen LogP contribution < -0.4 is 14.2 Å². The minimum Gasteiger partial charge on any atom is -0.493 e. The van der Waals surface area contributed by atoms with Crippen molar-refractivity contribution >= 4 is 39.1 Å². The first kappa shape index (κ1) is 20.8. The molecule has 0 radical (unpaired) electrons. The molecular formula is C22H23ClN2O4S. The average molecular weight is 447 g/mol. The van der Waals surface area contributed by atoms with Crippen LogP contribution in [0.1, 0.15) is 34.1 Å². The summed E-state index contributed by atoms with van der Waals surface area (Å²) < 4.78 is 17.3. The number of rotatable bonds is 5. The number of piperidine rings is 1. The van der Waals surface area contributed by atoms with E-state index in [4.69, 9.17) is 30.8 Å². The van der Waals surface area contributed by atoms with Crippen LogP contribution in [0.3, 0.4) is 0 Å². The van der Waals surface area contributed by atoms with Gasteiger partial charge < -0.3 is 19.1 Å². The molecule has 1 aliphatic heterocycles. The Morgan fingerprint density at radius 2 is 1.80 bits per heavy atom. The van der Waals surface area contributed by atoms with Crippen molar-refractivity contribution in [3.05, 3.63) is 45.9 Å². The maximum Gasteiger partial charge on any atom is 0.257 e. The Morgan fingerprint density at radius 3 is 2.47 bits per heavy atom. The molecule has 0 atom stereocenters. The lowest BCUT2D eigenvalue weighted by molar-refractivity contribution is 0.0709. The molecule has 1 aliphatic rings. The number of hydrogen-bond donors (Lipinski definition) is 0. The number of nitrogens with zero attached hydrogens (tertiary/aromatic N) is 2. The van der Waals surface area contributed by atoms with Crippen molar-refractivity contribution in [2.24, 2.45) is 0 Å². The van der Waals surface area contributed by atoms with E-state index in [0.29, 0.717) is 46.8 Å². The highest BCUT2D eigenvalue weighted by molar-refractivity contribution is 7.18. The highest BCUT2D eigenvalue weighted by atomic mass is 35.5. The average Bonchev–Trinajstić information content (AvgIpc) is 3.20. The van der Waals surface area contributed by atoms with Crippen LogP contribution in [-0.2, 0) is 0 Å². The van der Waals surface area contributed by atoms with Gasteiger partial charge in [-0.2, -0.15) is 0 Å². The monoisotopic (exact) mass is 446 g/mol. The first-order valence-electron chi connectivity index (χ1n) is 9.70. The fourth-order valence-corrected chi connectivity index (χ4v) is 5.15. The number of carbonyl (C=O) groups excluding carboxylic acids is 1. The molecule has 1 fully saturated rings. The zero-order valence-corrected chi connectivity index (χ0v) is 18.7. The topological polar surface area (TPSA) is 60.9 Å². The molecule has 0 saturated carbocycles. The zero-order chi connectivity index (χ0) is 21.3. The third kappa shape index (κ3) is 3.79. The molecule has 0 bridgehead atoms. The summed E-state index contributed by atoms with van der Waals surface area (Å²) in [5.74, 6) is 1.63. The molecule has 30 heavy (non-hydrogen) atoms.